The van der Waals surface area contributed by atoms with E-state index in [-0.39, 0.29) is 22.6 Å². The Kier molecular flexibility index (Phi) is 4.04. The Hall–Kier alpha value is -1.85. The Labute approximate surface area is 98.7 Å². The van der Waals surface area contributed by atoms with E-state index in [4.69, 9.17) is 22.1 Å². The molecule has 16 heavy (non-hydrogen) atoms. The van der Waals surface area contributed by atoms with Crippen molar-refractivity contribution in [3.63, 3.8) is 0 Å². The molecule has 1 atom stereocenters. The third-order valence-electron chi connectivity index (χ3n) is 2.06. The highest BCUT2D eigenvalue weighted by atomic mass is 35.5. The zero-order valence-electron chi connectivity index (χ0n) is 8.95. The largest absolute Gasteiger partial charge is 0.365 e. The highest BCUT2D eigenvalue weighted by Gasteiger charge is 2.12. The van der Waals surface area contributed by atoms with Crippen LogP contribution in [-0.4, -0.2) is 16.0 Å². The van der Waals surface area contributed by atoms with Crippen LogP contribution in [0.25, 0.3) is 0 Å². The van der Waals surface area contributed by atoms with Crippen molar-refractivity contribution < 1.29 is 0 Å². The van der Waals surface area contributed by atoms with Crippen molar-refractivity contribution in [1.82, 2.24) is 9.97 Å². The van der Waals surface area contributed by atoms with Gasteiger partial charge in [-0.15, -0.1) is 0 Å². The van der Waals surface area contributed by atoms with Gasteiger partial charge in [0, 0.05) is 6.04 Å². The van der Waals surface area contributed by atoms with E-state index in [1.54, 1.807) is 6.07 Å². The predicted octanol–water partition coefficient (Wildman–Crippen LogP) is 2.08. The van der Waals surface area contributed by atoms with Crippen LogP contribution in [0.3, 0.4) is 0 Å². The molecule has 0 aliphatic heterocycles. The van der Waals surface area contributed by atoms with E-state index in [9.17, 15) is 0 Å². The third kappa shape index (κ3) is 2.59. The second-order valence-corrected chi connectivity index (χ2v) is 3.60. The molecule has 1 N–H and O–H groups in total. The van der Waals surface area contributed by atoms with Crippen LogP contribution in [0, 0.1) is 22.7 Å². The Bertz CT molecular complexity index is 471. The van der Waals surface area contributed by atoms with Crippen molar-refractivity contribution in [1.29, 1.82) is 10.5 Å². The van der Waals surface area contributed by atoms with Gasteiger partial charge in [-0.2, -0.15) is 10.5 Å². The first kappa shape index (κ1) is 12.2. The van der Waals surface area contributed by atoms with Crippen molar-refractivity contribution in [3.05, 3.63) is 16.5 Å². The summed E-state index contributed by atoms with van der Waals surface area (Å²) in [4.78, 5) is 7.77. The van der Waals surface area contributed by atoms with Crippen molar-refractivity contribution in [3.8, 4) is 12.1 Å². The smallest absolute Gasteiger partial charge is 0.179 e. The molecular formula is C10H10ClN5. The lowest BCUT2D eigenvalue weighted by atomic mass is 10.2. The molecular weight excluding hydrogens is 226 g/mol. The number of halogens is 1. The van der Waals surface area contributed by atoms with Crippen LogP contribution < -0.4 is 5.32 Å². The molecule has 1 unspecified atom stereocenters. The molecule has 0 spiro atoms. The first-order valence-electron chi connectivity index (χ1n) is 4.76. The number of anilines is 1. The summed E-state index contributed by atoms with van der Waals surface area (Å²) in [7, 11) is 0. The van der Waals surface area contributed by atoms with E-state index >= 15 is 0 Å². The normalized spacial score (nSPS) is 11.3. The maximum absolute atomic E-state index is 8.78. The molecule has 1 heterocycles. The molecule has 0 saturated heterocycles. The molecule has 1 aromatic heterocycles. The SMILES string of the molecule is CCC(C)Nc1nc(C#N)c(C#N)nc1Cl. The molecule has 0 aliphatic carbocycles. The number of hydrogen-bond acceptors (Lipinski definition) is 5. The van der Waals surface area contributed by atoms with Crippen molar-refractivity contribution in [2.45, 2.75) is 26.3 Å². The summed E-state index contributed by atoms with van der Waals surface area (Å²) in [5.41, 5.74) is -0.0695. The maximum Gasteiger partial charge on any atom is 0.179 e. The average Bonchev–Trinajstić information content (AvgIpc) is 2.30. The fraction of sp³-hybridized carbons (Fsp3) is 0.400. The average molecular weight is 236 g/mol. The molecule has 0 aliphatic rings. The minimum Gasteiger partial charge on any atom is -0.365 e. The Morgan fingerprint density at radius 3 is 2.38 bits per heavy atom. The fourth-order valence-electron chi connectivity index (χ4n) is 0.998. The van der Waals surface area contributed by atoms with Crippen LogP contribution >= 0.6 is 11.6 Å². The van der Waals surface area contributed by atoms with Crippen LogP contribution in [0.4, 0.5) is 5.82 Å². The first-order chi connectivity index (χ1) is 7.62. The minimum atomic E-state index is -0.0535. The van der Waals surface area contributed by atoms with E-state index in [0.717, 1.165) is 6.42 Å². The van der Waals surface area contributed by atoms with Gasteiger partial charge in [0.1, 0.15) is 12.1 Å². The Morgan fingerprint density at radius 2 is 1.88 bits per heavy atom. The molecule has 1 rings (SSSR count). The molecule has 0 saturated carbocycles. The molecule has 1 aromatic rings. The highest BCUT2D eigenvalue weighted by molar-refractivity contribution is 6.31. The number of nitrogens with zero attached hydrogens (tertiary/aromatic N) is 4. The summed E-state index contributed by atoms with van der Waals surface area (Å²) in [6, 6.07) is 3.76. The van der Waals surface area contributed by atoms with E-state index in [2.05, 4.69) is 15.3 Å². The van der Waals surface area contributed by atoms with Gasteiger partial charge >= 0.3 is 0 Å². The minimum absolute atomic E-state index is 0.0160. The summed E-state index contributed by atoms with van der Waals surface area (Å²) >= 11 is 5.84. The molecule has 82 valence electrons. The molecule has 5 nitrogen and oxygen atoms in total. The van der Waals surface area contributed by atoms with Crippen molar-refractivity contribution >= 4 is 17.4 Å². The van der Waals surface area contributed by atoms with Crippen LogP contribution in [0.5, 0.6) is 0 Å². The number of rotatable bonds is 3. The van der Waals surface area contributed by atoms with Gasteiger partial charge in [0.15, 0.2) is 22.4 Å². The summed E-state index contributed by atoms with van der Waals surface area (Å²) < 4.78 is 0. The zero-order chi connectivity index (χ0) is 12.1. The lowest BCUT2D eigenvalue weighted by Crippen LogP contribution is -2.16. The monoisotopic (exact) mass is 235 g/mol. The molecule has 0 radical (unpaired) electrons. The summed E-state index contributed by atoms with van der Waals surface area (Å²) in [6.07, 6.45) is 0.889. The van der Waals surface area contributed by atoms with E-state index in [0.29, 0.717) is 5.82 Å². The Morgan fingerprint density at radius 1 is 1.31 bits per heavy atom. The van der Waals surface area contributed by atoms with Crippen LogP contribution in [-0.2, 0) is 0 Å². The van der Waals surface area contributed by atoms with Gasteiger partial charge in [-0.1, -0.05) is 18.5 Å². The van der Waals surface area contributed by atoms with Gasteiger partial charge < -0.3 is 5.32 Å². The standard InChI is InChI=1S/C10H10ClN5/c1-3-6(2)14-10-9(11)15-7(4-12)8(5-13)16-10/h6H,3H2,1-2H3,(H,14,16). The molecule has 0 bridgehead atoms. The fourth-order valence-corrected chi connectivity index (χ4v) is 1.18. The summed E-state index contributed by atoms with van der Waals surface area (Å²) in [6.45, 7) is 3.97. The first-order valence-corrected chi connectivity index (χ1v) is 5.14. The van der Waals surface area contributed by atoms with E-state index < -0.39 is 0 Å². The molecule has 0 aromatic carbocycles. The number of aromatic nitrogens is 2. The van der Waals surface area contributed by atoms with E-state index in [1.165, 1.54) is 0 Å². The zero-order valence-corrected chi connectivity index (χ0v) is 9.71. The van der Waals surface area contributed by atoms with Crippen molar-refractivity contribution in [2.75, 3.05) is 5.32 Å². The van der Waals surface area contributed by atoms with Gasteiger partial charge in [-0.25, -0.2) is 9.97 Å². The quantitative estimate of drug-likeness (QED) is 0.867. The lowest BCUT2D eigenvalue weighted by molar-refractivity contribution is 0.757. The number of nitriles is 2. The summed E-state index contributed by atoms with van der Waals surface area (Å²) in [5.74, 6) is 0.339. The van der Waals surface area contributed by atoms with Crippen LogP contribution in [0.15, 0.2) is 0 Å². The van der Waals surface area contributed by atoms with Gasteiger partial charge in [0.05, 0.1) is 0 Å². The van der Waals surface area contributed by atoms with Crippen LogP contribution in [0.2, 0.25) is 5.15 Å². The Balaban J connectivity index is 3.14. The van der Waals surface area contributed by atoms with E-state index in [1.807, 2.05) is 19.9 Å². The molecule has 0 amide bonds. The number of nitrogens with one attached hydrogen (secondary N) is 1. The van der Waals surface area contributed by atoms with Gasteiger partial charge in [-0.05, 0) is 13.3 Å². The third-order valence-corrected chi connectivity index (χ3v) is 2.32. The number of hydrogen-bond donors (Lipinski definition) is 1. The topological polar surface area (TPSA) is 85.4 Å². The molecule has 0 fully saturated rings. The highest BCUT2D eigenvalue weighted by Crippen LogP contribution is 2.19. The predicted molar refractivity (Wildman–Crippen MR) is 59.8 cm³/mol. The molecule has 6 heteroatoms. The summed E-state index contributed by atoms with van der Waals surface area (Å²) in [5, 5.41) is 20.6. The second-order valence-electron chi connectivity index (χ2n) is 3.24. The maximum atomic E-state index is 8.78. The van der Waals surface area contributed by atoms with Gasteiger partial charge in [0.25, 0.3) is 0 Å². The lowest BCUT2D eigenvalue weighted by Gasteiger charge is -2.12. The van der Waals surface area contributed by atoms with Gasteiger partial charge in [-0.3, -0.25) is 0 Å². The second kappa shape index (κ2) is 5.29. The van der Waals surface area contributed by atoms with Gasteiger partial charge in [0.2, 0.25) is 0 Å². The van der Waals surface area contributed by atoms with Crippen LogP contribution in [0.1, 0.15) is 31.7 Å². The van der Waals surface area contributed by atoms with Crippen molar-refractivity contribution in [2.24, 2.45) is 0 Å².